The zero-order valence-corrected chi connectivity index (χ0v) is 12.8. The molecule has 1 aliphatic carbocycles. The molecule has 0 amide bonds. The van der Waals surface area contributed by atoms with Crippen LogP contribution in [0, 0.1) is 0 Å². The minimum atomic E-state index is -0.286. The van der Waals surface area contributed by atoms with Crippen molar-refractivity contribution in [3.63, 3.8) is 0 Å². The fourth-order valence-electron chi connectivity index (χ4n) is 1.86. The molecule has 2 rings (SSSR count). The van der Waals surface area contributed by atoms with Crippen LogP contribution in [0.4, 0.5) is 0 Å². The smallest absolute Gasteiger partial charge is 0.211 e. The van der Waals surface area contributed by atoms with Crippen LogP contribution in [-0.2, 0) is 10.3 Å². The van der Waals surface area contributed by atoms with Crippen LogP contribution in [0.15, 0.2) is 31.4 Å². The Bertz CT molecular complexity index is 494. The highest BCUT2D eigenvalue weighted by atomic mass is 79.9. The summed E-state index contributed by atoms with van der Waals surface area (Å²) in [6.45, 7) is 0. The van der Waals surface area contributed by atoms with Gasteiger partial charge in [0.1, 0.15) is 0 Å². The molecular weight excluding hydrogens is 318 g/mol. The molecule has 0 spiro atoms. The summed E-state index contributed by atoms with van der Waals surface area (Å²) >= 11 is 7.04. The normalized spacial score (nSPS) is 16.4. The Morgan fingerprint density at radius 2 is 2.06 bits per heavy atom. The van der Waals surface area contributed by atoms with Gasteiger partial charge in [-0.15, -0.1) is 23.5 Å². The highest BCUT2D eigenvalue weighted by Gasteiger charge is 2.45. The molecule has 0 heterocycles. The van der Waals surface area contributed by atoms with Gasteiger partial charge in [-0.1, -0.05) is 0 Å². The molecule has 0 atom stereocenters. The van der Waals surface area contributed by atoms with Gasteiger partial charge in [0, 0.05) is 14.3 Å². The first-order valence-corrected chi connectivity index (χ1v) is 8.42. The number of isocyanates is 1. The highest BCUT2D eigenvalue weighted by Crippen LogP contribution is 2.51. The van der Waals surface area contributed by atoms with Crippen LogP contribution in [0.5, 0.6) is 0 Å². The Morgan fingerprint density at radius 3 is 2.53 bits per heavy atom. The Hall–Kier alpha value is -0.220. The summed E-state index contributed by atoms with van der Waals surface area (Å²) in [4.78, 5) is 16.9. The van der Waals surface area contributed by atoms with E-state index < -0.39 is 0 Å². The molecule has 17 heavy (non-hydrogen) atoms. The predicted molar refractivity (Wildman–Crippen MR) is 76.7 cm³/mol. The van der Waals surface area contributed by atoms with Gasteiger partial charge in [-0.05, 0) is 59.0 Å². The van der Waals surface area contributed by atoms with Gasteiger partial charge in [-0.3, -0.25) is 0 Å². The summed E-state index contributed by atoms with van der Waals surface area (Å²) in [5.74, 6) is 0. The Morgan fingerprint density at radius 1 is 1.35 bits per heavy atom. The minimum Gasteiger partial charge on any atom is -0.211 e. The Labute approximate surface area is 118 Å². The summed E-state index contributed by atoms with van der Waals surface area (Å²) in [5.41, 5.74) is 0.834. The summed E-state index contributed by atoms with van der Waals surface area (Å²) in [7, 11) is 0. The van der Waals surface area contributed by atoms with Crippen LogP contribution in [0.25, 0.3) is 0 Å². The summed E-state index contributed by atoms with van der Waals surface area (Å²) in [6.07, 6.45) is 7.72. The van der Waals surface area contributed by atoms with Crippen LogP contribution in [0.2, 0.25) is 0 Å². The second-order valence-electron chi connectivity index (χ2n) is 3.93. The average Bonchev–Trinajstić information content (AvgIpc) is 3.09. The lowest BCUT2D eigenvalue weighted by atomic mass is 10.1. The minimum absolute atomic E-state index is 0.286. The van der Waals surface area contributed by atoms with Crippen molar-refractivity contribution in [2.45, 2.75) is 28.2 Å². The second-order valence-corrected chi connectivity index (χ2v) is 6.45. The molecule has 1 aromatic carbocycles. The number of halogens is 1. The molecule has 1 aliphatic rings. The molecule has 0 unspecified atom stereocenters. The quantitative estimate of drug-likeness (QED) is 0.470. The molecule has 0 aromatic heterocycles. The van der Waals surface area contributed by atoms with Crippen LogP contribution in [0.1, 0.15) is 18.4 Å². The van der Waals surface area contributed by atoms with Crippen molar-refractivity contribution in [2.75, 3.05) is 12.5 Å². The van der Waals surface area contributed by atoms with Gasteiger partial charge in [0.05, 0.1) is 5.54 Å². The van der Waals surface area contributed by atoms with Gasteiger partial charge in [0.25, 0.3) is 0 Å². The molecular formula is C12H12BrNOS2. The fourth-order valence-corrected chi connectivity index (χ4v) is 4.49. The molecule has 1 aromatic rings. The van der Waals surface area contributed by atoms with E-state index in [0.29, 0.717) is 0 Å². The number of aliphatic imine (C=N–C) groups is 1. The lowest BCUT2D eigenvalue weighted by Crippen LogP contribution is -2.03. The monoisotopic (exact) mass is 329 g/mol. The number of carbonyl (C=O) groups excluding carboxylic acids is 1. The van der Waals surface area contributed by atoms with Crippen LogP contribution in [0.3, 0.4) is 0 Å². The molecule has 2 nitrogen and oxygen atoms in total. The van der Waals surface area contributed by atoms with E-state index in [1.165, 1.54) is 9.79 Å². The summed E-state index contributed by atoms with van der Waals surface area (Å²) < 4.78 is 1.08. The van der Waals surface area contributed by atoms with Crippen molar-refractivity contribution >= 4 is 45.5 Å². The van der Waals surface area contributed by atoms with Crippen molar-refractivity contribution in [3.05, 3.63) is 22.2 Å². The van der Waals surface area contributed by atoms with E-state index in [2.05, 4.69) is 45.6 Å². The van der Waals surface area contributed by atoms with E-state index in [9.17, 15) is 4.79 Å². The first-order chi connectivity index (χ1) is 8.16. The zero-order valence-electron chi connectivity index (χ0n) is 9.62. The molecule has 0 N–H and O–H groups in total. The average molecular weight is 330 g/mol. The van der Waals surface area contributed by atoms with Gasteiger partial charge in [-0.2, -0.15) is 4.99 Å². The van der Waals surface area contributed by atoms with Gasteiger partial charge < -0.3 is 0 Å². The highest BCUT2D eigenvalue weighted by molar-refractivity contribution is 9.10. The van der Waals surface area contributed by atoms with Crippen LogP contribution < -0.4 is 0 Å². The van der Waals surface area contributed by atoms with Gasteiger partial charge >= 0.3 is 0 Å². The SMILES string of the molecule is CSc1cc(C2(N=C=O)CC2)cc(Br)c1SC. The van der Waals surface area contributed by atoms with Crippen molar-refractivity contribution in [2.24, 2.45) is 4.99 Å². The fraction of sp³-hybridized carbons (Fsp3) is 0.417. The van der Waals surface area contributed by atoms with Crippen molar-refractivity contribution in [3.8, 4) is 0 Å². The first kappa shape index (κ1) is 13.2. The van der Waals surface area contributed by atoms with Gasteiger partial charge in [0.15, 0.2) is 0 Å². The number of benzene rings is 1. The maximum atomic E-state index is 10.5. The zero-order chi connectivity index (χ0) is 12.5. The largest absolute Gasteiger partial charge is 0.235 e. The standard InChI is InChI=1S/C12H12BrNOS2/c1-16-10-6-8(5-9(13)11(10)17-2)12(3-4-12)14-7-15/h5-6H,3-4H2,1-2H3. The number of hydrogen-bond acceptors (Lipinski definition) is 4. The van der Waals surface area contributed by atoms with E-state index in [-0.39, 0.29) is 5.54 Å². The number of nitrogens with zero attached hydrogens (tertiary/aromatic N) is 1. The van der Waals surface area contributed by atoms with E-state index in [1.54, 1.807) is 29.6 Å². The second kappa shape index (κ2) is 5.19. The lowest BCUT2D eigenvalue weighted by molar-refractivity contribution is 0.556. The lowest BCUT2D eigenvalue weighted by Gasteiger charge is -2.14. The molecule has 0 aliphatic heterocycles. The molecule has 0 bridgehead atoms. The van der Waals surface area contributed by atoms with Gasteiger partial charge in [-0.25, -0.2) is 4.79 Å². The predicted octanol–water partition coefficient (Wildman–Crippen LogP) is 4.22. The van der Waals surface area contributed by atoms with Gasteiger partial charge in [0.2, 0.25) is 6.08 Å². The molecule has 1 fully saturated rings. The maximum absolute atomic E-state index is 10.5. The van der Waals surface area contributed by atoms with E-state index in [0.717, 1.165) is 22.9 Å². The number of thioether (sulfide) groups is 2. The van der Waals surface area contributed by atoms with Crippen molar-refractivity contribution in [1.82, 2.24) is 0 Å². The first-order valence-electron chi connectivity index (χ1n) is 5.18. The molecule has 5 heteroatoms. The van der Waals surface area contributed by atoms with Crippen LogP contribution in [-0.4, -0.2) is 18.6 Å². The van der Waals surface area contributed by atoms with E-state index >= 15 is 0 Å². The Kier molecular flexibility index (Phi) is 4.03. The Balaban J connectivity index is 2.51. The molecule has 1 saturated carbocycles. The molecule has 0 radical (unpaired) electrons. The topological polar surface area (TPSA) is 29.4 Å². The third-order valence-electron chi connectivity index (χ3n) is 2.95. The van der Waals surface area contributed by atoms with Crippen LogP contribution >= 0.6 is 39.5 Å². The molecule has 0 saturated heterocycles. The van der Waals surface area contributed by atoms with E-state index in [1.807, 2.05) is 0 Å². The van der Waals surface area contributed by atoms with E-state index in [4.69, 9.17) is 0 Å². The van der Waals surface area contributed by atoms with Crippen molar-refractivity contribution < 1.29 is 4.79 Å². The summed E-state index contributed by atoms with van der Waals surface area (Å²) in [5, 5.41) is 0. The number of hydrogen-bond donors (Lipinski definition) is 0. The third-order valence-corrected chi connectivity index (χ3v) is 5.58. The maximum Gasteiger partial charge on any atom is 0.235 e. The van der Waals surface area contributed by atoms with Crippen molar-refractivity contribution in [1.29, 1.82) is 0 Å². The number of rotatable bonds is 4. The third kappa shape index (κ3) is 2.48. The summed E-state index contributed by atoms with van der Waals surface area (Å²) in [6, 6.07) is 4.23. The molecule has 90 valence electrons.